The SMILES string of the molecule is CC(C)n1cc(NC(=O)N2CCN(c3ncccc3C#N)CC2)nn1. The Bertz CT molecular complexity index is 785. The van der Waals surface area contributed by atoms with Crippen LogP contribution in [0.25, 0.3) is 0 Å². The largest absolute Gasteiger partial charge is 0.352 e. The summed E-state index contributed by atoms with van der Waals surface area (Å²) in [6, 6.07) is 5.64. The zero-order valence-corrected chi connectivity index (χ0v) is 14.3. The molecule has 1 aliphatic rings. The van der Waals surface area contributed by atoms with Crippen LogP contribution in [0, 0.1) is 11.3 Å². The van der Waals surface area contributed by atoms with Crippen LogP contribution in [0.15, 0.2) is 24.5 Å². The number of carbonyl (C=O) groups excluding carboxylic acids is 1. The van der Waals surface area contributed by atoms with Gasteiger partial charge in [-0.25, -0.2) is 14.5 Å². The van der Waals surface area contributed by atoms with E-state index < -0.39 is 0 Å². The van der Waals surface area contributed by atoms with Crippen LogP contribution in [0.4, 0.5) is 16.4 Å². The summed E-state index contributed by atoms with van der Waals surface area (Å²) >= 11 is 0. The van der Waals surface area contributed by atoms with Crippen LogP contribution in [0.1, 0.15) is 25.5 Å². The van der Waals surface area contributed by atoms with Crippen LogP contribution in [-0.2, 0) is 0 Å². The number of hydrogen-bond donors (Lipinski definition) is 1. The standard InChI is InChI=1S/C16H20N8O/c1-12(2)24-11-14(20-21-24)19-16(25)23-8-6-22(7-9-23)15-13(10-17)4-3-5-18-15/h3-5,11-12H,6-9H2,1-2H3,(H,19,25). The van der Waals surface area contributed by atoms with Gasteiger partial charge in [0.25, 0.3) is 0 Å². The predicted octanol–water partition coefficient (Wildman–Crippen LogP) is 1.48. The number of aromatic nitrogens is 4. The second kappa shape index (κ2) is 7.17. The summed E-state index contributed by atoms with van der Waals surface area (Å²) in [7, 11) is 0. The number of anilines is 2. The Morgan fingerprint density at radius 3 is 2.72 bits per heavy atom. The summed E-state index contributed by atoms with van der Waals surface area (Å²) in [6.45, 7) is 6.33. The highest BCUT2D eigenvalue weighted by Gasteiger charge is 2.23. The minimum atomic E-state index is -0.197. The van der Waals surface area contributed by atoms with Crippen LogP contribution in [0.3, 0.4) is 0 Å². The van der Waals surface area contributed by atoms with Gasteiger partial charge in [-0.05, 0) is 26.0 Å². The third-order valence-electron chi connectivity index (χ3n) is 4.05. The quantitative estimate of drug-likeness (QED) is 0.908. The lowest BCUT2D eigenvalue weighted by Crippen LogP contribution is -2.50. The Balaban J connectivity index is 1.58. The van der Waals surface area contributed by atoms with E-state index in [1.54, 1.807) is 34.1 Å². The highest BCUT2D eigenvalue weighted by Crippen LogP contribution is 2.18. The zero-order valence-electron chi connectivity index (χ0n) is 14.3. The molecule has 2 aromatic rings. The van der Waals surface area contributed by atoms with Crippen LogP contribution in [-0.4, -0.2) is 57.1 Å². The maximum Gasteiger partial charge on any atom is 0.323 e. The first kappa shape index (κ1) is 16.7. The number of carbonyl (C=O) groups is 1. The molecule has 2 aromatic heterocycles. The first-order valence-electron chi connectivity index (χ1n) is 8.16. The number of rotatable bonds is 3. The van der Waals surface area contributed by atoms with Crippen molar-refractivity contribution >= 4 is 17.7 Å². The molecule has 130 valence electrons. The Morgan fingerprint density at radius 2 is 2.08 bits per heavy atom. The van der Waals surface area contributed by atoms with Gasteiger partial charge in [0.1, 0.15) is 11.9 Å². The van der Waals surface area contributed by atoms with Gasteiger partial charge in [0.15, 0.2) is 5.82 Å². The summed E-state index contributed by atoms with van der Waals surface area (Å²) in [5.74, 6) is 1.11. The average molecular weight is 340 g/mol. The summed E-state index contributed by atoms with van der Waals surface area (Å²) in [6.07, 6.45) is 3.39. The van der Waals surface area contributed by atoms with E-state index in [1.807, 2.05) is 18.7 Å². The smallest absolute Gasteiger partial charge is 0.323 e. The number of hydrogen-bond acceptors (Lipinski definition) is 6. The first-order chi connectivity index (χ1) is 12.1. The molecular weight excluding hydrogens is 320 g/mol. The number of nitrogens with zero attached hydrogens (tertiary/aromatic N) is 7. The number of piperazine rings is 1. The molecule has 2 amide bonds. The maximum atomic E-state index is 12.4. The van der Waals surface area contributed by atoms with Crippen molar-refractivity contribution in [1.29, 1.82) is 5.26 Å². The van der Waals surface area contributed by atoms with Crippen LogP contribution in [0.2, 0.25) is 0 Å². The fourth-order valence-corrected chi connectivity index (χ4v) is 2.63. The fraction of sp³-hybridized carbons (Fsp3) is 0.438. The number of pyridine rings is 1. The molecular formula is C16H20N8O. The number of urea groups is 1. The molecule has 1 saturated heterocycles. The normalized spacial score (nSPS) is 14.5. The molecule has 3 rings (SSSR count). The third-order valence-corrected chi connectivity index (χ3v) is 4.05. The molecule has 0 aromatic carbocycles. The van der Waals surface area contributed by atoms with E-state index in [9.17, 15) is 10.1 Å². The van der Waals surface area contributed by atoms with E-state index in [2.05, 4.69) is 26.7 Å². The van der Waals surface area contributed by atoms with E-state index in [0.29, 0.717) is 43.4 Å². The van der Waals surface area contributed by atoms with E-state index in [1.165, 1.54) is 0 Å². The summed E-state index contributed by atoms with van der Waals surface area (Å²) in [4.78, 5) is 20.4. The van der Waals surface area contributed by atoms with E-state index >= 15 is 0 Å². The monoisotopic (exact) mass is 340 g/mol. The molecule has 0 unspecified atom stereocenters. The molecule has 1 N–H and O–H groups in total. The van der Waals surface area contributed by atoms with Crippen molar-refractivity contribution in [3.8, 4) is 6.07 Å². The van der Waals surface area contributed by atoms with Gasteiger partial charge < -0.3 is 9.80 Å². The van der Waals surface area contributed by atoms with Crippen LogP contribution in [0.5, 0.6) is 0 Å². The molecule has 25 heavy (non-hydrogen) atoms. The third kappa shape index (κ3) is 3.68. The van der Waals surface area contributed by atoms with Crippen molar-refractivity contribution in [3.63, 3.8) is 0 Å². The molecule has 1 aliphatic heterocycles. The van der Waals surface area contributed by atoms with Crippen molar-refractivity contribution in [2.24, 2.45) is 0 Å². The molecule has 0 bridgehead atoms. The van der Waals surface area contributed by atoms with Gasteiger partial charge in [0.2, 0.25) is 0 Å². The van der Waals surface area contributed by atoms with Gasteiger partial charge in [0, 0.05) is 38.4 Å². The van der Waals surface area contributed by atoms with Crippen molar-refractivity contribution in [2.45, 2.75) is 19.9 Å². The topological polar surface area (TPSA) is 103 Å². The van der Waals surface area contributed by atoms with Crippen LogP contribution >= 0.6 is 0 Å². The van der Waals surface area contributed by atoms with E-state index in [-0.39, 0.29) is 12.1 Å². The maximum absolute atomic E-state index is 12.4. The summed E-state index contributed by atoms with van der Waals surface area (Å²) < 4.78 is 1.69. The second-order valence-corrected chi connectivity index (χ2v) is 6.07. The Kier molecular flexibility index (Phi) is 4.79. The van der Waals surface area contributed by atoms with Gasteiger partial charge in [-0.2, -0.15) is 5.26 Å². The molecule has 3 heterocycles. The second-order valence-electron chi connectivity index (χ2n) is 6.07. The van der Waals surface area contributed by atoms with E-state index in [4.69, 9.17) is 0 Å². The number of nitrogens with one attached hydrogen (secondary N) is 1. The first-order valence-corrected chi connectivity index (χ1v) is 8.16. The van der Waals surface area contributed by atoms with Gasteiger partial charge in [0.05, 0.1) is 11.8 Å². The molecule has 0 radical (unpaired) electrons. The van der Waals surface area contributed by atoms with Gasteiger partial charge in [-0.3, -0.25) is 5.32 Å². The summed E-state index contributed by atoms with van der Waals surface area (Å²) in [5.41, 5.74) is 0.547. The molecule has 0 saturated carbocycles. The van der Waals surface area contributed by atoms with Gasteiger partial charge in [-0.1, -0.05) is 5.21 Å². The van der Waals surface area contributed by atoms with Crippen molar-refractivity contribution in [1.82, 2.24) is 24.9 Å². The lowest BCUT2D eigenvalue weighted by Gasteiger charge is -2.35. The van der Waals surface area contributed by atoms with Crippen molar-refractivity contribution in [3.05, 3.63) is 30.1 Å². The van der Waals surface area contributed by atoms with Gasteiger partial charge >= 0.3 is 6.03 Å². The Hall–Kier alpha value is -3.15. The molecule has 9 heteroatoms. The molecule has 0 aliphatic carbocycles. The molecule has 0 spiro atoms. The number of nitriles is 1. The van der Waals surface area contributed by atoms with E-state index in [0.717, 1.165) is 0 Å². The highest BCUT2D eigenvalue weighted by molar-refractivity contribution is 5.88. The predicted molar refractivity (Wildman–Crippen MR) is 92.2 cm³/mol. The average Bonchev–Trinajstić information content (AvgIpc) is 3.10. The fourth-order valence-electron chi connectivity index (χ4n) is 2.63. The zero-order chi connectivity index (χ0) is 17.8. The minimum absolute atomic E-state index is 0.189. The van der Waals surface area contributed by atoms with Crippen molar-refractivity contribution < 1.29 is 4.79 Å². The lowest BCUT2D eigenvalue weighted by molar-refractivity contribution is 0.208. The molecule has 9 nitrogen and oxygen atoms in total. The lowest BCUT2D eigenvalue weighted by atomic mass is 10.2. The minimum Gasteiger partial charge on any atom is -0.352 e. The highest BCUT2D eigenvalue weighted by atomic mass is 16.2. The van der Waals surface area contributed by atoms with Crippen LogP contribution < -0.4 is 10.2 Å². The molecule has 1 fully saturated rings. The van der Waals surface area contributed by atoms with Gasteiger partial charge in [-0.15, -0.1) is 5.10 Å². The summed E-state index contributed by atoms with van der Waals surface area (Å²) in [5, 5.41) is 19.9. The molecule has 0 atom stereocenters. The Morgan fingerprint density at radius 1 is 1.32 bits per heavy atom. The van der Waals surface area contributed by atoms with Crippen molar-refractivity contribution in [2.75, 3.05) is 36.4 Å². The number of amides is 2. The Labute approximate surface area is 145 Å².